The molecule has 3 aromatic rings. The molecule has 1 aliphatic carbocycles. The number of benzene rings is 3. The molecule has 220 valence electrons. The van der Waals surface area contributed by atoms with Crippen molar-refractivity contribution in [3.05, 3.63) is 101 Å². The molecule has 0 amide bonds. The van der Waals surface area contributed by atoms with E-state index < -0.39 is 23.3 Å². The van der Waals surface area contributed by atoms with Crippen molar-refractivity contribution in [2.75, 3.05) is 6.61 Å². The van der Waals surface area contributed by atoms with Gasteiger partial charge in [-0.15, -0.1) is 6.58 Å². The number of hydrogen-bond acceptors (Lipinski definition) is 2. The molecule has 6 heteroatoms. The first-order chi connectivity index (χ1) is 19.8. The van der Waals surface area contributed by atoms with Crippen molar-refractivity contribution in [3.8, 4) is 16.9 Å². The summed E-state index contributed by atoms with van der Waals surface area (Å²) in [5.41, 5.74) is 2.29. The highest BCUT2D eigenvalue weighted by atomic mass is 19.2. The second-order valence-corrected chi connectivity index (χ2v) is 11.1. The van der Waals surface area contributed by atoms with Gasteiger partial charge in [-0.3, -0.25) is 0 Å². The summed E-state index contributed by atoms with van der Waals surface area (Å²) in [6.07, 6.45) is 8.42. The third kappa shape index (κ3) is 7.59. The Labute approximate surface area is 241 Å². The van der Waals surface area contributed by atoms with Crippen molar-refractivity contribution >= 4 is 0 Å². The van der Waals surface area contributed by atoms with E-state index in [1.54, 1.807) is 42.5 Å². The lowest BCUT2D eigenvalue weighted by Gasteiger charge is -2.32. The molecule has 1 fully saturated rings. The fourth-order valence-electron chi connectivity index (χ4n) is 5.87. The molecule has 0 radical (unpaired) electrons. The van der Waals surface area contributed by atoms with Crippen LogP contribution in [0.25, 0.3) is 11.1 Å². The molecule has 1 atom stereocenters. The first-order valence-corrected chi connectivity index (χ1v) is 14.8. The molecule has 0 saturated heterocycles. The second kappa shape index (κ2) is 14.7. The van der Waals surface area contributed by atoms with Crippen molar-refractivity contribution in [2.24, 2.45) is 5.92 Å². The van der Waals surface area contributed by atoms with Crippen LogP contribution in [0, 0.1) is 29.2 Å². The van der Waals surface area contributed by atoms with Crippen LogP contribution in [-0.4, -0.2) is 17.8 Å². The van der Waals surface area contributed by atoms with Crippen LogP contribution in [-0.2, 0) is 12.8 Å². The predicted octanol–water partition coefficient (Wildman–Crippen LogP) is 9.47. The van der Waals surface area contributed by atoms with Gasteiger partial charge in [-0.25, -0.2) is 13.2 Å². The van der Waals surface area contributed by atoms with Gasteiger partial charge in [0.2, 0.25) is 5.82 Å². The van der Waals surface area contributed by atoms with E-state index >= 15 is 8.78 Å². The number of unbranched alkanes of at least 4 members (excludes halogenated alkanes) is 1. The first kappa shape index (κ1) is 30.8. The number of ether oxygens (including phenoxy) is 1. The number of halogens is 4. The summed E-state index contributed by atoms with van der Waals surface area (Å²) in [6, 6.07) is 13.4. The second-order valence-electron chi connectivity index (χ2n) is 11.1. The summed E-state index contributed by atoms with van der Waals surface area (Å²) >= 11 is 0. The van der Waals surface area contributed by atoms with E-state index in [0.29, 0.717) is 24.0 Å². The van der Waals surface area contributed by atoms with Crippen molar-refractivity contribution in [3.63, 3.8) is 0 Å². The average molecular weight is 569 g/mol. The Bertz CT molecular complexity index is 1300. The quantitative estimate of drug-likeness (QED) is 0.126. The van der Waals surface area contributed by atoms with Gasteiger partial charge >= 0.3 is 0 Å². The largest absolute Gasteiger partial charge is 0.490 e. The Morgan fingerprint density at radius 2 is 1.61 bits per heavy atom. The molecular formula is C35H40F4O2. The summed E-state index contributed by atoms with van der Waals surface area (Å²) in [6.45, 7) is 5.96. The first-order valence-electron chi connectivity index (χ1n) is 14.8. The minimum Gasteiger partial charge on any atom is -0.490 e. The number of hydrogen-bond donors (Lipinski definition) is 1. The van der Waals surface area contributed by atoms with Crippen molar-refractivity contribution in [1.82, 2.24) is 0 Å². The van der Waals surface area contributed by atoms with Crippen LogP contribution in [0.2, 0.25) is 0 Å². The minimum atomic E-state index is -0.987. The number of aryl methyl sites for hydroxylation is 2. The van der Waals surface area contributed by atoms with E-state index in [2.05, 4.69) is 13.5 Å². The highest BCUT2D eigenvalue weighted by Crippen LogP contribution is 2.40. The summed E-state index contributed by atoms with van der Waals surface area (Å²) < 4.78 is 64.8. The SMILES string of the molecule is C=CCCCOc1ccc(CCc2ccc(-c3ccc(C4CCC(C(O)CCC)CC4)c(F)c3F)cc2)c(F)c1F. The maximum atomic E-state index is 15.2. The zero-order valence-electron chi connectivity index (χ0n) is 23.8. The maximum Gasteiger partial charge on any atom is 0.200 e. The van der Waals surface area contributed by atoms with Crippen LogP contribution in [0.3, 0.4) is 0 Å². The molecule has 0 heterocycles. The summed E-state index contributed by atoms with van der Waals surface area (Å²) in [4.78, 5) is 0. The fourth-order valence-corrected chi connectivity index (χ4v) is 5.87. The summed E-state index contributed by atoms with van der Waals surface area (Å²) in [5, 5.41) is 10.3. The molecule has 1 N–H and O–H groups in total. The molecule has 1 unspecified atom stereocenters. The lowest BCUT2D eigenvalue weighted by Crippen LogP contribution is -2.25. The van der Waals surface area contributed by atoms with E-state index in [1.165, 1.54) is 12.1 Å². The Morgan fingerprint density at radius 3 is 2.29 bits per heavy atom. The van der Waals surface area contributed by atoms with Gasteiger partial charge in [-0.2, -0.15) is 4.39 Å². The van der Waals surface area contributed by atoms with Crippen molar-refractivity contribution in [1.29, 1.82) is 0 Å². The molecule has 41 heavy (non-hydrogen) atoms. The van der Waals surface area contributed by atoms with Gasteiger partial charge in [0.15, 0.2) is 23.2 Å². The molecular weight excluding hydrogens is 528 g/mol. The zero-order chi connectivity index (χ0) is 29.4. The Kier molecular flexibility index (Phi) is 11.0. The molecule has 2 nitrogen and oxygen atoms in total. The van der Waals surface area contributed by atoms with Gasteiger partial charge in [0, 0.05) is 5.56 Å². The monoisotopic (exact) mass is 568 g/mol. The lowest BCUT2D eigenvalue weighted by molar-refractivity contribution is 0.0727. The smallest absolute Gasteiger partial charge is 0.200 e. The number of aliphatic hydroxyl groups is 1. The number of aliphatic hydroxyl groups excluding tert-OH is 1. The predicted molar refractivity (Wildman–Crippen MR) is 156 cm³/mol. The third-order valence-electron chi connectivity index (χ3n) is 8.34. The number of rotatable bonds is 13. The summed E-state index contributed by atoms with van der Waals surface area (Å²) in [5.74, 6) is -3.46. The van der Waals surface area contributed by atoms with Crippen LogP contribution in [0.5, 0.6) is 5.75 Å². The molecule has 0 spiro atoms. The molecule has 3 aromatic carbocycles. The van der Waals surface area contributed by atoms with Crippen molar-refractivity contribution < 1.29 is 27.4 Å². The molecule has 1 aliphatic rings. The summed E-state index contributed by atoms with van der Waals surface area (Å²) in [7, 11) is 0. The molecule has 0 aromatic heterocycles. The highest BCUT2D eigenvalue weighted by Gasteiger charge is 2.29. The highest BCUT2D eigenvalue weighted by molar-refractivity contribution is 5.65. The normalized spacial score (nSPS) is 17.8. The minimum absolute atomic E-state index is 0.0471. The van der Waals surface area contributed by atoms with Gasteiger partial charge in [0.25, 0.3) is 0 Å². The Morgan fingerprint density at radius 1 is 0.878 bits per heavy atom. The third-order valence-corrected chi connectivity index (χ3v) is 8.34. The molecule has 0 aliphatic heterocycles. The van der Waals surface area contributed by atoms with Crippen LogP contribution >= 0.6 is 0 Å². The maximum absolute atomic E-state index is 15.2. The van der Waals surface area contributed by atoms with Crippen LogP contribution in [0.4, 0.5) is 17.6 Å². The lowest BCUT2D eigenvalue weighted by atomic mass is 9.75. The van der Waals surface area contributed by atoms with Gasteiger partial charge < -0.3 is 9.84 Å². The zero-order valence-corrected chi connectivity index (χ0v) is 23.8. The van der Waals surface area contributed by atoms with Gasteiger partial charge in [0.05, 0.1) is 12.7 Å². The van der Waals surface area contributed by atoms with E-state index in [0.717, 1.165) is 50.5 Å². The number of allylic oxidation sites excluding steroid dienone is 1. The standard InChI is InChI=1S/C35H40F4O2/c1-3-5-6-22-41-31-21-18-27(32(36)35(31)39)13-10-23-8-11-24(12-9-23)28-19-20-29(34(38)33(28)37)25-14-16-26(17-15-25)30(40)7-4-2/h3,8-9,11-12,18-21,25-26,30,40H,1,4-7,10,13-17,22H2,2H3. The molecule has 0 bridgehead atoms. The Balaban J connectivity index is 1.37. The Hall–Kier alpha value is -3.12. The van der Waals surface area contributed by atoms with Crippen LogP contribution in [0.15, 0.2) is 61.2 Å². The van der Waals surface area contributed by atoms with E-state index in [9.17, 15) is 13.9 Å². The van der Waals surface area contributed by atoms with Crippen LogP contribution < -0.4 is 4.74 Å². The van der Waals surface area contributed by atoms with Gasteiger partial charge in [-0.1, -0.05) is 61.9 Å². The van der Waals surface area contributed by atoms with Gasteiger partial charge in [-0.05, 0) is 97.9 Å². The molecule has 4 rings (SSSR count). The van der Waals surface area contributed by atoms with E-state index in [1.807, 2.05) is 0 Å². The van der Waals surface area contributed by atoms with E-state index in [-0.39, 0.29) is 47.8 Å². The van der Waals surface area contributed by atoms with Gasteiger partial charge in [0.1, 0.15) is 0 Å². The topological polar surface area (TPSA) is 29.5 Å². The molecule has 1 saturated carbocycles. The van der Waals surface area contributed by atoms with Crippen LogP contribution in [0.1, 0.15) is 80.9 Å². The fraction of sp³-hybridized carbons (Fsp3) is 0.429. The average Bonchev–Trinajstić information content (AvgIpc) is 2.99. The van der Waals surface area contributed by atoms with Crippen molar-refractivity contribution in [2.45, 2.75) is 83.2 Å². The van der Waals surface area contributed by atoms with E-state index in [4.69, 9.17) is 4.74 Å².